The van der Waals surface area contributed by atoms with E-state index < -0.39 is 6.04 Å². The lowest BCUT2D eigenvalue weighted by Gasteiger charge is -2.12. The number of ether oxygens (including phenoxy) is 2. The van der Waals surface area contributed by atoms with Crippen LogP contribution in [0.5, 0.6) is 0 Å². The van der Waals surface area contributed by atoms with Gasteiger partial charge in [0.15, 0.2) is 0 Å². The maximum Gasteiger partial charge on any atom is 0.246 e. The van der Waals surface area contributed by atoms with Gasteiger partial charge < -0.3 is 25.4 Å². The zero-order chi connectivity index (χ0) is 13.8. The minimum absolute atomic E-state index is 0.0727. The van der Waals surface area contributed by atoms with Crippen molar-refractivity contribution < 1.29 is 19.1 Å². The van der Waals surface area contributed by atoms with Crippen LogP contribution in [-0.2, 0) is 19.1 Å². The molecule has 0 bridgehead atoms. The zero-order valence-corrected chi connectivity index (χ0v) is 11.2. The molecule has 0 fully saturated rings. The molecular weight excluding hydrogens is 238 g/mol. The SMILES string of the molecule is CNCCOCCOCC(=O)NC(C)C(=O)NC. The fourth-order valence-electron chi connectivity index (χ4n) is 1.12. The van der Waals surface area contributed by atoms with E-state index in [2.05, 4.69) is 16.0 Å². The average Bonchev–Trinajstić information content (AvgIpc) is 2.36. The molecule has 1 unspecified atom stereocenters. The first-order valence-electron chi connectivity index (χ1n) is 5.92. The molecular formula is C11H23N3O4. The smallest absolute Gasteiger partial charge is 0.246 e. The van der Waals surface area contributed by atoms with Crippen LogP contribution in [0, 0.1) is 0 Å². The average molecular weight is 261 g/mol. The Hall–Kier alpha value is -1.18. The highest BCUT2D eigenvalue weighted by Crippen LogP contribution is 1.83. The summed E-state index contributed by atoms with van der Waals surface area (Å²) in [4.78, 5) is 22.5. The van der Waals surface area contributed by atoms with Crippen molar-refractivity contribution in [3.05, 3.63) is 0 Å². The third-order valence-corrected chi connectivity index (χ3v) is 2.12. The molecule has 0 spiro atoms. The van der Waals surface area contributed by atoms with Crippen molar-refractivity contribution in [1.29, 1.82) is 0 Å². The van der Waals surface area contributed by atoms with Crippen LogP contribution >= 0.6 is 0 Å². The van der Waals surface area contributed by atoms with Crippen molar-refractivity contribution in [1.82, 2.24) is 16.0 Å². The summed E-state index contributed by atoms with van der Waals surface area (Å²) >= 11 is 0. The molecule has 0 aliphatic rings. The Morgan fingerprint density at radius 3 is 2.39 bits per heavy atom. The van der Waals surface area contributed by atoms with Crippen LogP contribution < -0.4 is 16.0 Å². The molecule has 2 amide bonds. The van der Waals surface area contributed by atoms with Gasteiger partial charge in [0.1, 0.15) is 12.6 Å². The second kappa shape index (κ2) is 10.9. The Kier molecular flexibility index (Phi) is 10.2. The number of hydrogen-bond acceptors (Lipinski definition) is 5. The van der Waals surface area contributed by atoms with Gasteiger partial charge in [-0.3, -0.25) is 9.59 Å². The van der Waals surface area contributed by atoms with Crippen LogP contribution in [0.15, 0.2) is 0 Å². The summed E-state index contributed by atoms with van der Waals surface area (Å²) in [5, 5.41) is 7.91. The van der Waals surface area contributed by atoms with Gasteiger partial charge in [-0.1, -0.05) is 0 Å². The van der Waals surface area contributed by atoms with E-state index in [-0.39, 0.29) is 18.4 Å². The number of rotatable bonds is 10. The number of carbonyl (C=O) groups excluding carboxylic acids is 2. The molecule has 0 saturated heterocycles. The van der Waals surface area contributed by atoms with E-state index in [4.69, 9.17) is 9.47 Å². The van der Waals surface area contributed by atoms with Crippen LogP contribution in [0.1, 0.15) is 6.92 Å². The molecule has 0 heterocycles. The third-order valence-electron chi connectivity index (χ3n) is 2.12. The molecule has 0 aromatic heterocycles. The largest absolute Gasteiger partial charge is 0.378 e. The maximum absolute atomic E-state index is 11.3. The molecule has 106 valence electrons. The predicted molar refractivity (Wildman–Crippen MR) is 67.2 cm³/mol. The summed E-state index contributed by atoms with van der Waals surface area (Å²) in [5.74, 6) is -0.555. The Morgan fingerprint density at radius 1 is 1.11 bits per heavy atom. The van der Waals surface area contributed by atoms with Gasteiger partial charge in [0, 0.05) is 13.6 Å². The summed E-state index contributed by atoms with van der Waals surface area (Å²) in [5.41, 5.74) is 0. The molecule has 18 heavy (non-hydrogen) atoms. The quantitative estimate of drug-likeness (QED) is 0.416. The second-order valence-electron chi connectivity index (χ2n) is 3.67. The summed E-state index contributed by atoms with van der Waals surface area (Å²) < 4.78 is 10.3. The van der Waals surface area contributed by atoms with Crippen molar-refractivity contribution in [3.8, 4) is 0 Å². The Labute approximate surface area is 108 Å². The number of amides is 2. The molecule has 1 atom stereocenters. The zero-order valence-electron chi connectivity index (χ0n) is 11.2. The molecule has 0 aromatic rings. The van der Waals surface area contributed by atoms with E-state index in [9.17, 15) is 9.59 Å². The van der Waals surface area contributed by atoms with Crippen molar-refractivity contribution in [3.63, 3.8) is 0 Å². The van der Waals surface area contributed by atoms with E-state index in [1.54, 1.807) is 6.92 Å². The molecule has 0 aromatic carbocycles. The minimum Gasteiger partial charge on any atom is -0.378 e. The molecule has 0 rings (SSSR count). The molecule has 0 radical (unpaired) electrons. The van der Waals surface area contributed by atoms with Crippen molar-refractivity contribution in [2.75, 3.05) is 47.1 Å². The number of nitrogens with one attached hydrogen (secondary N) is 3. The molecule has 0 saturated carbocycles. The van der Waals surface area contributed by atoms with Gasteiger partial charge in [-0.05, 0) is 14.0 Å². The van der Waals surface area contributed by atoms with E-state index in [0.717, 1.165) is 6.54 Å². The van der Waals surface area contributed by atoms with Crippen molar-refractivity contribution >= 4 is 11.8 Å². The van der Waals surface area contributed by atoms with Crippen LogP contribution in [0.4, 0.5) is 0 Å². The van der Waals surface area contributed by atoms with Crippen LogP contribution in [0.3, 0.4) is 0 Å². The molecule has 7 heteroatoms. The third kappa shape index (κ3) is 8.91. The van der Waals surface area contributed by atoms with Crippen LogP contribution in [0.25, 0.3) is 0 Å². The van der Waals surface area contributed by atoms with E-state index >= 15 is 0 Å². The van der Waals surface area contributed by atoms with E-state index in [1.165, 1.54) is 7.05 Å². The summed E-state index contributed by atoms with van der Waals surface area (Å²) in [6.45, 7) is 3.73. The lowest BCUT2D eigenvalue weighted by Crippen LogP contribution is -2.44. The lowest BCUT2D eigenvalue weighted by molar-refractivity contribution is -0.131. The highest BCUT2D eigenvalue weighted by atomic mass is 16.5. The van der Waals surface area contributed by atoms with Crippen LogP contribution in [-0.4, -0.2) is 64.9 Å². The molecule has 7 nitrogen and oxygen atoms in total. The Balaban J connectivity index is 3.45. The fourth-order valence-corrected chi connectivity index (χ4v) is 1.12. The lowest BCUT2D eigenvalue weighted by atomic mass is 10.3. The Bertz CT molecular complexity index is 248. The summed E-state index contributed by atoms with van der Waals surface area (Å²) in [7, 11) is 3.36. The topological polar surface area (TPSA) is 88.7 Å². The van der Waals surface area contributed by atoms with Crippen LogP contribution in [0.2, 0.25) is 0 Å². The minimum atomic E-state index is -0.557. The van der Waals surface area contributed by atoms with E-state index in [1.807, 2.05) is 7.05 Å². The van der Waals surface area contributed by atoms with Gasteiger partial charge in [0.05, 0.1) is 19.8 Å². The highest BCUT2D eigenvalue weighted by molar-refractivity contribution is 5.87. The first-order valence-corrected chi connectivity index (χ1v) is 5.92. The first kappa shape index (κ1) is 16.8. The standard InChI is InChI=1S/C11H23N3O4/c1-9(11(16)13-3)14-10(15)8-18-7-6-17-5-4-12-2/h9,12H,4-8H2,1-3H3,(H,13,16)(H,14,15). The molecule has 3 N–H and O–H groups in total. The normalized spacial score (nSPS) is 11.9. The molecule has 0 aliphatic heterocycles. The second-order valence-corrected chi connectivity index (χ2v) is 3.67. The summed E-state index contributed by atoms with van der Waals surface area (Å²) in [6.07, 6.45) is 0. The first-order chi connectivity index (χ1) is 8.61. The van der Waals surface area contributed by atoms with Gasteiger partial charge in [-0.15, -0.1) is 0 Å². The van der Waals surface area contributed by atoms with E-state index in [0.29, 0.717) is 19.8 Å². The monoisotopic (exact) mass is 261 g/mol. The highest BCUT2D eigenvalue weighted by Gasteiger charge is 2.13. The molecule has 0 aliphatic carbocycles. The van der Waals surface area contributed by atoms with Gasteiger partial charge in [-0.2, -0.15) is 0 Å². The maximum atomic E-state index is 11.3. The number of hydrogen-bond donors (Lipinski definition) is 3. The number of likely N-dealkylation sites (N-methyl/N-ethyl adjacent to an activating group) is 2. The van der Waals surface area contributed by atoms with Gasteiger partial charge in [0.25, 0.3) is 0 Å². The van der Waals surface area contributed by atoms with Gasteiger partial charge in [-0.25, -0.2) is 0 Å². The van der Waals surface area contributed by atoms with Gasteiger partial charge in [0.2, 0.25) is 11.8 Å². The Morgan fingerprint density at radius 2 is 1.78 bits per heavy atom. The number of carbonyl (C=O) groups is 2. The fraction of sp³-hybridized carbons (Fsp3) is 0.818. The van der Waals surface area contributed by atoms with Crippen molar-refractivity contribution in [2.24, 2.45) is 0 Å². The summed E-state index contributed by atoms with van der Waals surface area (Å²) in [6, 6.07) is -0.557. The van der Waals surface area contributed by atoms with Gasteiger partial charge >= 0.3 is 0 Å². The predicted octanol–water partition coefficient (Wildman–Crippen LogP) is -1.51. The van der Waals surface area contributed by atoms with Crippen molar-refractivity contribution in [2.45, 2.75) is 13.0 Å².